The second-order valence-corrected chi connectivity index (χ2v) is 7.92. The number of carbonyl (C=O) groups excluding carboxylic acids is 1. The summed E-state index contributed by atoms with van der Waals surface area (Å²) in [6.45, 7) is 6.72. The minimum absolute atomic E-state index is 0.118. The smallest absolute Gasteiger partial charge is 0.313 e. The van der Waals surface area contributed by atoms with Gasteiger partial charge in [-0.25, -0.2) is 0 Å². The summed E-state index contributed by atoms with van der Waals surface area (Å²) in [5.41, 5.74) is -0.729. The van der Waals surface area contributed by atoms with E-state index in [4.69, 9.17) is 0 Å². The highest BCUT2D eigenvalue weighted by molar-refractivity contribution is 5.79. The number of nitrogens with zero attached hydrogens (tertiary/aromatic N) is 1. The lowest BCUT2D eigenvalue weighted by Gasteiger charge is -2.43. The Hall–Kier alpha value is -1.92. The maximum absolute atomic E-state index is 12.3. The molecule has 0 aromatic heterocycles. The fraction of sp³-hybridized carbons (Fsp3) is 0.600. The summed E-state index contributed by atoms with van der Waals surface area (Å²) < 4.78 is 0. The molecule has 3 N–H and O–H groups in total. The van der Waals surface area contributed by atoms with Crippen molar-refractivity contribution >= 4 is 11.9 Å². The second-order valence-electron chi connectivity index (χ2n) is 7.92. The molecule has 0 unspecified atom stereocenters. The van der Waals surface area contributed by atoms with E-state index >= 15 is 0 Å². The maximum Gasteiger partial charge on any atom is 0.313 e. The molecule has 144 valence electrons. The summed E-state index contributed by atoms with van der Waals surface area (Å²) >= 11 is 0. The zero-order chi connectivity index (χ0) is 19.4. The van der Waals surface area contributed by atoms with E-state index in [0.29, 0.717) is 13.0 Å². The highest BCUT2D eigenvalue weighted by atomic mass is 16.4. The third-order valence-electron chi connectivity index (χ3n) is 5.38. The van der Waals surface area contributed by atoms with E-state index in [1.165, 1.54) is 0 Å². The monoisotopic (exact) mass is 362 g/mol. The molecule has 1 aliphatic heterocycles. The lowest BCUT2D eigenvalue weighted by Crippen LogP contribution is -2.59. The fourth-order valence-electron chi connectivity index (χ4n) is 3.43. The molecule has 1 aromatic carbocycles. The van der Waals surface area contributed by atoms with Gasteiger partial charge in [0.2, 0.25) is 5.91 Å². The first-order valence-electron chi connectivity index (χ1n) is 9.17. The zero-order valence-electron chi connectivity index (χ0n) is 15.9. The molecule has 1 amide bonds. The van der Waals surface area contributed by atoms with E-state index in [1.54, 1.807) is 0 Å². The average Bonchev–Trinajstić information content (AvgIpc) is 2.58. The molecule has 2 atom stereocenters. The number of hydrogen-bond acceptors (Lipinski definition) is 4. The highest BCUT2D eigenvalue weighted by Crippen LogP contribution is 2.34. The van der Waals surface area contributed by atoms with Crippen molar-refractivity contribution in [3.05, 3.63) is 35.9 Å². The van der Waals surface area contributed by atoms with Gasteiger partial charge in [-0.05, 0) is 38.7 Å². The number of aliphatic carboxylic acids is 1. The van der Waals surface area contributed by atoms with E-state index in [-0.39, 0.29) is 31.0 Å². The van der Waals surface area contributed by atoms with Crippen molar-refractivity contribution in [2.24, 2.45) is 5.41 Å². The Morgan fingerprint density at radius 1 is 1.31 bits per heavy atom. The standard InChI is InChI=1S/C20H30N2O4/c1-4-19(2,3)21-17(24)13-22-11-10-16(23)20(14-22,18(25)26)12-15-8-6-5-7-9-15/h5-9,16,23H,4,10-14H2,1-3H3,(H,21,24)(H,25,26)/t16-,20-/m0/s1. The van der Waals surface area contributed by atoms with Crippen LogP contribution in [0.2, 0.25) is 0 Å². The summed E-state index contributed by atoms with van der Waals surface area (Å²) in [6, 6.07) is 9.33. The molecule has 1 heterocycles. The fourth-order valence-corrected chi connectivity index (χ4v) is 3.43. The van der Waals surface area contributed by atoms with Crippen LogP contribution in [0.25, 0.3) is 0 Å². The summed E-state index contributed by atoms with van der Waals surface area (Å²) in [7, 11) is 0. The van der Waals surface area contributed by atoms with Crippen LogP contribution in [0.1, 0.15) is 39.2 Å². The zero-order valence-corrected chi connectivity index (χ0v) is 15.9. The number of rotatable bonds is 7. The summed E-state index contributed by atoms with van der Waals surface area (Å²) in [4.78, 5) is 26.3. The van der Waals surface area contributed by atoms with Crippen molar-refractivity contribution in [1.82, 2.24) is 10.2 Å². The second kappa shape index (κ2) is 8.18. The summed E-state index contributed by atoms with van der Waals surface area (Å²) in [5, 5.41) is 23.4. The Kier molecular flexibility index (Phi) is 6.42. The molecule has 1 fully saturated rings. The van der Waals surface area contributed by atoms with Crippen LogP contribution in [0.5, 0.6) is 0 Å². The van der Waals surface area contributed by atoms with Crippen LogP contribution >= 0.6 is 0 Å². The normalized spacial score (nSPS) is 24.2. The number of nitrogens with one attached hydrogen (secondary N) is 1. The molecule has 1 saturated heterocycles. The average molecular weight is 362 g/mol. The Balaban J connectivity index is 2.13. The molecule has 2 rings (SSSR count). The van der Waals surface area contributed by atoms with Gasteiger partial charge in [-0.3, -0.25) is 14.5 Å². The van der Waals surface area contributed by atoms with Gasteiger partial charge >= 0.3 is 5.97 Å². The molecule has 1 aliphatic rings. The Labute approximate surface area is 155 Å². The van der Waals surface area contributed by atoms with Gasteiger partial charge in [0, 0.05) is 18.6 Å². The molecule has 6 heteroatoms. The van der Waals surface area contributed by atoms with Crippen molar-refractivity contribution < 1.29 is 19.8 Å². The van der Waals surface area contributed by atoms with Crippen LogP contribution in [0.4, 0.5) is 0 Å². The van der Waals surface area contributed by atoms with Crippen LogP contribution in [0.3, 0.4) is 0 Å². The minimum Gasteiger partial charge on any atom is -0.481 e. The minimum atomic E-state index is -1.31. The molecule has 0 spiro atoms. The number of piperidine rings is 1. The SMILES string of the molecule is CCC(C)(C)NC(=O)CN1CC[C@H](O)[C@@](Cc2ccccc2)(C(=O)O)C1. The van der Waals surface area contributed by atoms with E-state index < -0.39 is 17.5 Å². The Bertz CT molecular complexity index is 632. The summed E-state index contributed by atoms with van der Waals surface area (Å²) in [6.07, 6.45) is 0.448. The highest BCUT2D eigenvalue weighted by Gasteiger charge is 2.49. The van der Waals surface area contributed by atoms with Crippen molar-refractivity contribution in [3.8, 4) is 0 Å². The molecular formula is C20H30N2O4. The lowest BCUT2D eigenvalue weighted by molar-refractivity contribution is -0.164. The number of likely N-dealkylation sites (tertiary alicyclic amines) is 1. The van der Waals surface area contributed by atoms with Gasteiger partial charge in [-0.1, -0.05) is 37.3 Å². The lowest BCUT2D eigenvalue weighted by atomic mass is 9.73. The van der Waals surface area contributed by atoms with Crippen LogP contribution < -0.4 is 5.32 Å². The van der Waals surface area contributed by atoms with E-state index in [0.717, 1.165) is 12.0 Å². The molecule has 0 radical (unpaired) electrons. The number of carboxylic acids is 1. The quantitative estimate of drug-likeness (QED) is 0.686. The number of benzene rings is 1. The van der Waals surface area contributed by atoms with Gasteiger partial charge in [0.15, 0.2) is 0 Å². The molecule has 0 aliphatic carbocycles. The van der Waals surface area contributed by atoms with Crippen LogP contribution in [-0.2, 0) is 16.0 Å². The molecule has 26 heavy (non-hydrogen) atoms. The molecule has 0 saturated carbocycles. The van der Waals surface area contributed by atoms with Gasteiger partial charge in [0.25, 0.3) is 0 Å². The summed E-state index contributed by atoms with van der Waals surface area (Å²) in [5.74, 6) is -1.14. The van der Waals surface area contributed by atoms with Crippen LogP contribution in [-0.4, -0.2) is 58.3 Å². The molecular weight excluding hydrogens is 332 g/mol. The predicted molar refractivity (Wildman–Crippen MR) is 99.8 cm³/mol. The first-order valence-corrected chi connectivity index (χ1v) is 9.17. The van der Waals surface area contributed by atoms with Gasteiger partial charge in [0.1, 0.15) is 5.41 Å². The van der Waals surface area contributed by atoms with Crippen LogP contribution in [0.15, 0.2) is 30.3 Å². The van der Waals surface area contributed by atoms with Crippen molar-refractivity contribution in [2.45, 2.75) is 51.7 Å². The first kappa shape index (κ1) is 20.4. The number of hydrogen-bond donors (Lipinski definition) is 3. The largest absolute Gasteiger partial charge is 0.481 e. The van der Waals surface area contributed by atoms with Crippen LogP contribution in [0, 0.1) is 5.41 Å². The van der Waals surface area contributed by atoms with Gasteiger partial charge in [-0.15, -0.1) is 0 Å². The third-order valence-corrected chi connectivity index (χ3v) is 5.38. The van der Waals surface area contributed by atoms with E-state index in [9.17, 15) is 19.8 Å². The number of aliphatic hydroxyl groups is 1. The van der Waals surface area contributed by atoms with Crippen molar-refractivity contribution in [3.63, 3.8) is 0 Å². The number of amides is 1. The number of carboxylic acid groups (broad SMARTS) is 1. The Morgan fingerprint density at radius 2 is 1.96 bits per heavy atom. The van der Waals surface area contributed by atoms with Gasteiger partial charge in [0.05, 0.1) is 12.6 Å². The van der Waals surface area contributed by atoms with Gasteiger partial charge in [-0.2, -0.15) is 0 Å². The predicted octanol–water partition coefficient (Wildman–Crippen LogP) is 1.67. The maximum atomic E-state index is 12.3. The number of aliphatic hydroxyl groups excluding tert-OH is 1. The molecule has 0 bridgehead atoms. The van der Waals surface area contributed by atoms with E-state index in [2.05, 4.69) is 5.32 Å². The topological polar surface area (TPSA) is 89.9 Å². The third kappa shape index (κ3) is 4.83. The van der Waals surface area contributed by atoms with Crippen molar-refractivity contribution in [1.29, 1.82) is 0 Å². The molecule has 1 aromatic rings. The number of carbonyl (C=O) groups is 2. The Morgan fingerprint density at radius 3 is 2.54 bits per heavy atom. The molecule has 6 nitrogen and oxygen atoms in total. The first-order chi connectivity index (χ1) is 12.2. The van der Waals surface area contributed by atoms with E-state index in [1.807, 2.05) is 56.0 Å². The van der Waals surface area contributed by atoms with Crippen molar-refractivity contribution in [2.75, 3.05) is 19.6 Å². The van der Waals surface area contributed by atoms with Gasteiger partial charge < -0.3 is 15.5 Å².